The summed E-state index contributed by atoms with van der Waals surface area (Å²) in [4.78, 5) is 2.31. The summed E-state index contributed by atoms with van der Waals surface area (Å²) in [6, 6.07) is 9.78. The van der Waals surface area contributed by atoms with Crippen molar-refractivity contribution in [3.8, 4) is 6.07 Å². The van der Waals surface area contributed by atoms with Crippen molar-refractivity contribution in [2.45, 2.75) is 32.4 Å². The highest BCUT2D eigenvalue weighted by Crippen LogP contribution is 2.30. The summed E-state index contributed by atoms with van der Waals surface area (Å²) in [7, 11) is 0. The van der Waals surface area contributed by atoms with Crippen molar-refractivity contribution in [2.75, 3.05) is 26.3 Å². The van der Waals surface area contributed by atoms with Crippen molar-refractivity contribution in [3.63, 3.8) is 0 Å². The molecule has 24 heavy (non-hydrogen) atoms. The van der Waals surface area contributed by atoms with Crippen LogP contribution < -0.4 is 0 Å². The lowest BCUT2D eigenvalue weighted by Gasteiger charge is -2.35. The largest absolute Gasteiger partial charge is 0.379 e. The van der Waals surface area contributed by atoms with E-state index >= 15 is 0 Å². The molecule has 0 unspecified atom stereocenters. The Morgan fingerprint density at radius 1 is 1.25 bits per heavy atom. The minimum Gasteiger partial charge on any atom is -0.379 e. The lowest BCUT2D eigenvalue weighted by Crippen LogP contribution is -2.41. The van der Waals surface area contributed by atoms with E-state index in [0.29, 0.717) is 18.8 Å². The van der Waals surface area contributed by atoms with Crippen LogP contribution in [0.4, 0.5) is 0 Å². The van der Waals surface area contributed by atoms with E-state index in [-0.39, 0.29) is 11.6 Å². The minimum atomic E-state index is -0.226. The van der Waals surface area contributed by atoms with Gasteiger partial charge >= 0.3 is 0 Å². The zero-order valence-corrected chi connectivity index (χ0v) is 14.3. The summed E-state index contributed by atoms with van der Waals surface area (Å²) in [5, 5.41) is 21.7. The first-order valence-electron chi connectivity index (χ1n) is 8.11. The van der Waals surface area contributed by atoms with Gasteiger partial charge in [-0.25, -0.2) is 4.68 Å². The molecule has 1 aliphatic heterocycles. The van der Waals surface area contributed by atoms with Crippen LogP contribution in [0.15, 0.2) is 24.3 Å². The summed E-state index contributed by atoms with van der Waals surface area (Å²) < 4.78 is 7.36. The van der Waals surface area contributed by atoms with Crippen molar-refractivity contribution in [2.24, 2.45) is 0 Å². The summed E-state index contributed by atoms with van der Waals surface area (Å²) in [6.45, 7) is 9.22. The SMILES string of the molecule is CC(C)(C)n1nnnc1[C@@H](c1cccc(C#N)c1)N1CCOCC1. The summed E-state index contributed by atoms with van der Waals surface area (Å²) >= 11 is 0. The number of nitriles is 1. The Hall–Kier alpha value is -2.30. The smallest absolute Gasteiger partial charge is 0.173 e. The molecule has 0 bridgehead atoms. The standard InChI is InChI=1S/C17H22N6O/c1-17(2,3)23-16(19-20-21-23)15(22-7-9-24-10-8-22)14-6-4-5-13(11-14)12-18/h4-6,11,15H,7-10H2,1-3H3/t15-/m1/s1. The number of rotatable bonds is 3. The molecule has 2 heterocycles. The molecule has 1 fully saturated rings. The fourth-order valence-electron chi connectivity index (χ4n) is 2.98. The second kappa shape index (κ2) is 6.67. The summed E-state index contributed by atoms with van der Waals surface area (Å²) in [5.74, 6) is 0.791. The third-order valence-electron chi connectivity index (χ3n) is 4.12. The van der Waals surface area contributed by atoms with E-state index in [1.54, 1.807) is 0 Å². The second-order valence-electron chi connectivity index (χ2n) is 6.91. The van der Waals surface area contributed by atoms with Gasteiger partial charge in [0.25, 0.3) is 0 Å². The average molecular weight is 326 g/mol. The Morgan fingerprint density at radius 3 is 2.67 bits per heavy atom. The zero-order valence-electron chi connectivity index (χ0n) is 14.3. The van der Waals surface area contributed by atoms with Gasteiger partial charge < -0.3 is 4.74 Å². The molecule has 126 valence electrons. The molecule has 1 saturated heterocycles. The highest BCUT2D eigenvalue weighted by Gasteiger charge is 2.32. The van der Waals surface area contributed by atoms with Crippen LogP contribution >= 0.6 is 0 Å². The molecule has 0 N–H and O–H groups in total. The molecule has 1 aromatic carbocycles. The van der Waals surface area contributed by atoms with Gasteiger partial charge in [-0.1, -0.05) is 12.1 Å². The number of tetrazole rings is 1. The molecule has 0 saturated carbocycles. The molecule has 7 nitrogen and oxygen atoms in total. The Kier molecular flexibility index (Phi) is 4.60. The molecular weight excluding hydrogens is 304 g/mol. The van der Waals surface area contributed by atoms with E-state index in [4.69, 9.17) is 4.74 Å². The van der Waals surface area contributed by atoms with Crippen LogP contribution in [-0.2, 0) is 10.3 Å². The maximum absolute atomic E-state index is 9.24. The lowest BCUT2D eigenvalue weighted by molar-refractivity contribution is 0.0208. The van der Waals surface area contributed by atoms with Crippen molar-refractivity contribution in [1.82, 2.24) is 25.1 Å². The highest BCUT2D eigenvalue weighted by molar-refractivity contribution is 5.36. The monoisotopic (exact) mass is 326 g/mol. The van der Waals surface area contributed by atoms with Gasteiger partial charge in [-0.15, -0.1) is 5.10 Å². The lowest BCUT2D eigenvalue weighted by atomic mass is 10.00. The van der Waals surface area contributed by atoms with Gasteiger partial charge in [0, 0.05) is 13.1 Å². The second-order valence-corrected chi connectivity index (χ2v) is 6.91. The van der Waals surface area contributed by atoms with Crippen LogP contribution in [0.3, 0.4) is 0 Å². The Bertz CT molecular complexity index is 736. The molecule has 0 aliphatic carbocycles. The van der Waals surface area contributed by atoms with Crippen LogP contribution in [0, 0.1) is 11.3 Å². The molecule has 0 radical (unpaired) electrons. The molecule has 0 spiro atoms. The molecular formula is C17H22N6O. The van der Waals surface area contributed by atoms with Gasteiger partial charge in [-0.05, 0) is 48.9 Å². The van der Waals surface area contributed by atoms with Gasteiger partial charge in [0.05, 0.1) is 36.4 Å². The van der Waals surface area contributed by atoms with Crippen molar-refractivity contribution >= 4 is 0 Å². The number of hydrogen-bond donors (Lipinski definition) is 0. The van der Waals surface area contributed by atoms with E-state index in [0.717, 1.165) is 24.5 Å². The molecule has 1 aromatic heterocycles. The first kappa shape index (κ1) is 16.6. The molecule has 1 atom stereocenters. The van der Waals surface area contributed by atoms with E-state index in [9.17, 15) is 5.26 Å². The van der Waals surface area contributed by atoms with Gasteiger partial charge in [0.15, 0.2) is 5.82 Å². The van der Waals surface area contributed by atoms with Gasteiger partial charge in [0.2, 0.25) is 0 Å². The fraction of sp³-hybridized carbons (Fsp3) is 0.529. The van der Waals surface area contributed by atoms with Gasteiger partial charge in [-0.2, -0.15) is 5.26 Å². The van der Waals surface area contributed by atoms with Crippen molar-refractivity contribution in [3.05, 3.63) is 41.2 Å². The molecule has 2 aromatic rings. The average Bonchev–Trinajstić information content (AvgIpc) is 3.06. The number of benzene rings is 1. The van der Waals surface area contributed by atoms with Crippen molar-refractivity contribution in [1.29, 1.82) is 5.26 Å². The number of hydrogen-bond acceptors (Lipinski definition) is 6. The van der Waals surface area contributed by atoms with E-state index in [2.05, 4.69) is 47.3 Å². The van der Waals surface area contributed by atoms with Crippen LogP contribution in [0.25, 0.3) is 0 Å². The first-order valence-corrected chi connectivity index (χ1v) is 8.11. The fourth-order valence-corrected chi connectivity index (χ4v) is 2.98. The number of morpholine rings is 1. The summed E-state index contributed by atoms with van der Waals surface area (Å²) in [5.41, 5.74) is 1.44. The Morgan fingerprint density at radius 2 is 2.00 bits per heavy atom. The third-order valence-corrected chi connectivity index (χ3v) is 4.12. The van der Waals surface area contributed by atoms with Gasteiger partial charge in [0.1, 0.15) is 0 Å². The van der Waals surface area contributed by atoms with Crippen LogP contribution in [0.2, 0.25) is 0 Å². The molecule has 7 heteroatoms. The topological polar surface area (TPSA) is 79.9 Å². The van der Waals surface area contributed by atoms with E-state index in [1.807, 2.05) is 28.9 Å². The van der Waals surface area contributed by atoms with Crippen molar-refractivity contribution < 1.29 is 4.74 Å². The predicted octanol–water partition coefficient (Wildman–Crippen LogP) is 1.72. The molecule has 0 amide bonds. The molecule has 3 rings (SSSR count). The molecule has 1 aliphatic rings. The predicted molar refractivity (Wildman–Crippen MR) is 88.2 cm³/mol. The van der Waals surface area contributed by atoms with E-state index in [1.165, 1.54) is 0 Å². The maximum atomic E-state index is 9.24. The van der Waals surface area contributed by atoms with Crippen LogP contribution in [0.1, 0.15) is 43.8 Å². The Balaban J connectivity index is 2.09. The minimum absolute atomic E-state index is 0.101. The highest BCUT2D eigenvalue weighted by atomic mass is 16.5. The first-order chi connectivity index (χ1) is 11.5. The Labute approximate surface area is 141 Å². The quantitative estimate of drug-likeness (QED) is 0.854. The number of aromatic nitrogens is 4. The normalized spacial score (nSPS) is 17.4. The van der Waals surface area contributed by atoms with Crippen LogP contribution in [0.5, 0.6) is 0 Å². The van der Waals surface area contributed by atoms with E-state index < -0.39 is 0 Å². The number of nitrogens with zero attached hydrogens (tertiary/aromatic N) is 6. The van der Waals surface area contributed by atoms with Gasteiger partial charge in [-0.3, -0.25) is 4.90 Å². The number of ether oxygens (including phenoxy) is 1. The maximum Gasteiger partial charge on any atom is 0.173 e. The zero-order chi connectivity index (χ0) is 17.2. The third kappa shape index (κ3) is 3.30. The van der Waals surface area contributed by atoms with Crippen LogP contribution in [-0.4, -0.2) is 51.4 Å². The summed E-state index contributed by atoms with van der Waals surface area (Å²) in [6.07, 6.45) is 0.